The number of carbonyl (C=O) groups is 1. The minimum atomic E-state index is -0.757. The van der Waals surface area contributed by atoms with Crippen molar-refractivity contribution in [3.8, 4) is 0 Å². The molecule has 0 saturated heterocycles. The fourth-order valence-corrected chi connectivity index (χ4v) is 2.09. The highest BCUT2D eigenvalue weighted by atomic mass is 16.2. The van der Waals surface area contributed by atoms with Gasteiger partial charge < -0.3 is 11.2 Å². The molecule has 3 N–H and O–H groups in total. The van der Waals surface area contributed by atoms with Crippen LogP contribution in [-0.4, -0.2) is 28.2 Å². The summed E-state index contributed by atoms with van der Waals surface area (Å²) >= 11 is 0. The average molecular weight is 249 g/mol. The van der Waals surface area contributed by atoms with Crippen molar-refractivity contribution in [3.63, 3.8) is 0 Å². The van der Waals surface area contributed by atoms with Crippen LogP contribution in [0.3, 0.4) is 0 Å². The van der Waals surface area contributed by atoms with Gasteiger partial charge in [-0.05, 0) is 19.8 Å². The molecule has 1 amide bonds. The van der Waals surface area contributed by atoms with Crippen molar-refractivity contribution in [3.05, 3.63) is 27.9 Å². The normalized spacial score (nSPS) is 20.6. The first-order chi connectivity index (χ1) is 8.56. The molecule has 0 aliphatic carbocycles. The zero-order chi connectivity index (χ0) is 13.3. The Kier molecular flexibility index (Phi) is 3.14. The van der Waals surface area contributed by atoms with E-state index in [2.05, 4.69) is 15.5 Å². The molecule has 0 radical (unpaired) electrons. The van der Waals surface area contributed by atoms with E-state index >= 15 is 0 Å². The van der Waals surface area contributed by atoms with Crippen molar-refractivity contribution in [2.45, 2.75) is 25.8 Å². The van der Waals surface area contributed by atoms with Gasteiger partial charge in [0.2, 0.25) is 0 Å². The maximum Gasteiger partial charge on any atom is 0.266 e. The molecule has 1 aliphatic rings. The molecule has 7 heteroatoms. The molecule has 96 valence electrons. The first kappa shape index (κ1) is 12.3. The second-order valence-corrected chi connectivity index (χ2v) is 4.20. The molecular formula is C11H15N5O2. The molecule has 1 aromatic rings. The Morgan fingerprint density at radius 2 is 2.39 bits per heavy atom. The molecule has 2 heterocycles. The molecule has 0 fully saturated rings. The van der Waals surface area contributed by atoms with Crippen LogP contribution in [0.15, 0.2) is 16.1 Å². The predicted molar refractivity (Wildman–Crippen MR) is 66.6 cm³/mol. The van der Waals surface area contributed by atoms with Crippen LogP contribution in [0.1, 0.15) is 42.0 Å². The van der Waals surface area contributed by atoms with Gasteiger partial charge >= 0.3 is 0 Å². The van der Waals surface area contributed by atoms with Crippen molar-refractivity contribution in [1.82, 2.24) is 15.0 Å². The van der Waals surface area contributed by atoms with Gasteiger partial charge in [0.1, 0.15) is 11.3 Å². The molecule has 0 aromatic carbocycles. The lowest BCUT2D eigenvalue weighted by molar-refractivity contribution is 0.0997. The molecule has 1 aromatic heterocycles. The number of amides is 1. The summed E-state index contributed by atoms with van der Waals surface area (Å²) in [5.41, 5.74) is 8.07. The minimum absolute atomic E-state index is 0.0184. The minimum Gasteiger partial charge on any atom is -0.365 e. The Hall–Kier alpha value is -2.18. The van der Waals surface area contributed by atoms with Gasteiger partial charge in [-0.2, -0.15) is 5.10 Å². The second-order valence-electron chi connectivity index (χ2n) is 4.20. The number of hydrazone groups is 1. The highest BCUT2D eigenvalue weighted by Gasteiger charge is 2.25. The van der Waals surface area contributed by atoms with Crippen LogP contribution in [0.25, 0.3) is 0 Å². The maximum absolute atomic E-state index is 12.2. The lowest BCUT2D eigenvalue weighted by Crippen LogP contribution is -2.38. The van der Waals surface area contributed by atoms with E-state index in [0.29, 0.717) is 11.5 Å². The molecular weight excluding hydrogens is 234 g/mol. The van der Waals surface area contributed by atoms with E-state index < -0.39 is 11.5 Å². The van der Waals surface area contributed by atoms with Gasteiger partial charge in [-0.25, -0.2) is 4.98 Å². The van der Waals surface area contributed by atoms with Crippen molar-refractivity contribution in [2.75, 3.05) is 7.05 Å². The monoisotopic (exact) mass is 249 g/mol. The van der Waals surface area contributed by atoms with Crippen molar-refractivity contribution in [1.29, 1.82) is 0 Å². The number of nitrogens with zero attached hydrogens (tertiary/aromatic N) is 3. The highest BCUT2D eigenvalue weighted by molar-refractivity contribution is 5.99. The number of rotatable bonds is 2. The molecule has 0 bridgehead atoms. The Morgan fingerprint density at radius 3 is 3.00 bits per heavy atom. The Bertz CT molecular complexity index is 575. The van der Waals surface area contributed by atoms with Crippen LogP contribution in [0.5, 0.6) is 0 Å². The first-order valence-corrected chi connectivity index (χ1v) is 5.71. The smallest absolute Gasteiger partial charge is 0.266 e. The number of aromatic nitrogens is 2. The van der Waals surface area contributed by atoms with E-state index in [1.54, 1.807) is 7.05 Å². The average Bonchev–Trinajstić information content (AvgIpc) is 2.32. The summed E-state index contributed by atoms with van der Waals surface area (Å²) in [5, 5.41) is 4.10. The number of nitrogens with two attached hydrogens (primary N) is 1. The molecule has 1 atom stereocenters. The molecule has 1 aliphatic heterocycles. The topological polar surface area (TPSA) is 102 Å². The third kappa shape index (κ3) is 1.87. The van der Waals surface area contributed by atoms with E-state index in [9.17, 15) is 9.59 Å². The summed E-state index contributed by atoms with van der Waals surface area (Å²) in [5.74, 6) is -0.259. The summed E-state index contributed by atoms with van der Waals surface area (Å²) in [7, 11) is 1.69. The lowest BCUT2D eigenvalue weighted by atomic mass is 10.0. The fourth-order valence-electron chi connectivity index (χ4n) is 2.09. The molecule has 18 heavy (non-hydrogen) atoms. The van der Waals surface area contributed by atoms with Gasteiger partial charge in [0.15, 0.2) is 5.82 Å². The third-order valence-electron chi connectivity index (χ3n) is 3.00. The number of fused-ring (bicyclic) bond motifs is 1. The molecule has 0 saturated carbocycles. The molecule has 1 unspecified atom stereocenters. The summed E-state index contributed by atoms with van der Waals surface area (Å²) in [4.78, 5) is 27.5. The van der Waals surface area contributed by atoms with Crippen LogP contribution >= 0.6 is 0 Å². The van der Waals surface area contributed by atoms with Gasteiger partial charge in [-0.1, -0.05) is 0 Å². The van der Waals surface area contributed by atoms with Gasteiger partial charge in [0.05, 0.1) is 0 Å². The van der Waals surface area contributed by atoms with Crippen LogP contribution in [0.4, 0.5) is 0 Å². The number of hydrogen-bond acceptors (Lipinski definition) is 5. The summed E-state index contributed by atoms with van der Waals surface area (Å²) in [6, 6.07) is -0.0184. The van der Waals surface area contributed by atoms with E-state index in [0.717, 1.165) is 12.8 Å². The molecule has 0 spiro atoms. The van der Waals surface area contributed by atoms with Gasteiger partial charge in [-0.3, -0.25) is 14.2 Å². The van der Waals surface area contributed by atoms with Crippen LogP contribution in [-0.2, 0) is 0 Å². The summed E-state index contributed by atoms with van der Waals surface area (Å²) < 4.78 is 1.49. The van der Waals surface area contributed by atoms with E-state index in [1.807, 2.05) is 6.92 Å². The van der Waals surface area contributed by atoms with Crippen molar-refractivity contribution < 1.29 is 4.79 Å². The Morgan fingerprint density at radius 1 is 1.67 bits per heavy atom. The second kappa shape index (κ2) is 4.59. The molecule has 7 nitrogen and oxygen atoms in total. The largest absolute Gasteiger partial charge is 0.365 e. The van der Waals surface area contributed by atoms with E-state index in [1.165, 1.54) is 10.8 Å². The zero-order valence-corrected chi connectivity index (χ0v) is 10.3. The SMILES string of the molecule is CNN=C1CCC(C)n2c1ncc(C(N)=O)c2=O. The number of primary amides is 1. The number of carbonyl (C=O) groups excluding carboxylic acids is 1. The Balaban J connectivity index is 2.68. The zero-order valence-electron chi connectivity index (χ0n) is 10.3. The van der Waals surface area contributed by atoms with Crippen LogP contribution in [0, 0.1) is 0 Å². The number of nitrogens with one attached hydrogen (secondary N) is 1. The van der Waals surface area contributed by atoms with E-state index in [4.69, 9.17) is 5.73 Å². The first-order valence-electron chi connectivity index (χ1n) is 5.71. The van der Waals surface area contributed by atoms with Gasteiger partial charge in [0.25, 0.3) is 11.5 Å². The Labute approximate surface area is 104 Å². The van der Waals surface area contributed by atoms with Crippen LogP contribution < -0.4 is 16.7 Å². The predicted octanol–water partition coefficient (Wildman–Crippen LogP) is -0.379. The maximum atomic E-state index is 12.2. The lowest BCUT2D eigenvalue weighted by Gasteiger charge is -2.25. The number of hydrogen-bond donors (Lipinski definition) is 2. The van der Waals surface area contributed by atoms with Crippen LogP contribution in [0.2, 0.25) is 0 Å². The van der Waals surface area contributed by atoms with Gasteiger partial charge in [0, 0.05) is 19.3 Å². The highest BCUT2D eigenvalue weighted by Crippen LogP contribution is 2.21. The van der Waals surface area contributed by atoms with E-state index in [-0.39, 0.29) is 11.6 Å². The van der Waals surface area contributed by atoms with Crippen molar-refractivity contribution in [2.24, 2.45) is 10.8 Å². The van der Waals surface area contributed by atoms with Gasteiger partial charge in [-0.15, -0.1) is 0 Å². The summed E-state index contributed by atoms with van der Waals surface area (Å²) in [6.45, 7) is 1.91. The third-order valence-corrected chi connectivity index (χ3v) is 3.00. The molecule has 2 rings (SSSR count). The fraction of sp³-hybridized carbons (Fsp3) is 0.455. The quantitative estimate of drug-likeness (QED) is 0.697. The summed E-state index contributed by atoms with van der Waals surface area (Å²) in [6.07, 6.45) is 2.74. The van der Waals surface area contributed by atoms with Crippen molar-refractivity contribution >= 4 is 11.6 Å². The standard InChI is InChI=1S/C11H15N5O2/c1-6-3-4-8(15-13-2)10-14-5-7(9(12)17)11(18)16(6)10/h5-6,13H,3-4H2,1-2H3,(H2,12,17).